The number of esters is 1. The third kappa shape index (κ3) is 7.66. The molecular formula is C9H16O2S. The fourth-order valence-corrected chi connectivity index (χ4v) is 0.677. The SMILES string of the molecule is CC=CC(=O)OCCC(C)(C)S. The van der Waals surface area contributed by atoms with E-state index in [2.05, 4.69) is 12.6 Å². The molecule has 0 heterocycles. The lowest BCUT2D eigenvalue weighted by molar-refractivity contribution is -0.137. The molecule has 12 heavy (non-hydrogen) atoms. The normalized spacial score (nSPS) is 12.0. The third-order valence-corrected chi connectivity index (χ3v) is 1.48. The number of ether oxygens (including phenoxy) is 1. The van der Waals surface area contributed by atoms with E-state index in [1.807, 2.05) is 13.8 Å². The minimum absolute atomic E-state index is 0.0732. The molecule has 0 amide bonds. The van der Waals surface area contributed by atoms with Crippen LogP contribution in [0.1, 0.15) is 27.2 Å². The summed E-state index contributed by atoms with van der Waals surface area (Å²) < 4.78 is 4.81. The van der Waals surface area contributed by atoms with E-state index in [1.54, 1.807) is 13.0 Å². The Kier molecular flexibility index (Phi) is 5.06. The summed E-state index contributed by atoms with van der Waals surface area (Å²) in [6.07, 6.45) is 3.83. The van der Waals surface area contributed by atoms with Crippen LogP contribution in [0.5, 0.6) is 0 Å². The molecule has 3 heteroatoms. The third-order valence-electron chi connectivity index (χ3n) is 1.26. The van der Waals surface area contributed by atoms with Gasteiger partial charge in [0.2, 0.25) is 0 Å². The maximum absolute atomic E-state index is 10.8. The van der Waals surface area contributed by atoms with Gasteiger partial charge in [-0.15, -0.1) is 0 Å². The van der Waals surface area contributed by atoms with Crippen LogP contribution in [0.2, 0.25) is 0 Å². The molecule has 70 valence electrons. The molecule has 0 fully saturated rings. The first-order chi connectivity index (χ1) is 5.45. The molecule has 0 aromatic heterocycles. The zero-order valence-electron chi connectivity index (χ0n) is 7.83. The van der Waals surface area contributed by atoms with E-state index in [0.29, 0.717) is 6.61 Å². The van der Waals surface area contributed by atoms with Gasteiger partial charge in [0, 0.05) is 10.8 Å². The average molecular weight is 188 g/mol. The summed E-state index contributed by atoms with van der Waals surface area (Å²) in [6.45, 7) is 6.18. The smallest absolute Gasteiger partial charge is 0.330 e. The largest absolute Gasteiger partial charge is 0.462 e. The Labute approximate surface area is 79.4 Å². The van der Waals surface area contributed by atoms with Crippen LogP contribution in [0.25, 0.3) is 0 Å². The highest BCUT2D eigenvalue weighted by Crippen LogP contribution is 2.16. The first-order valence-corrected chi connectivity index (χ1v) is 4.42. The van der Waals surface area contributed by atoms with Crippen LogP contribution >= 0.6 is 12.6 Å². The monoisotopic (exact) mass is 188 g/mol. The molecule has 0 aliphatic rings. The molecule has 0 rings (SSSR count). The van der Waals surface area contributed by atoms with Crippen molar-refractivity contribution in [3.63, 3.8) is 0 Å². The zero-order chi connectivity index (χ0) is 9.61. The number of hydrogen-bond acceptors (Lipinski definition) is 3. The fourth-order valence-electron chi connectivity index (χ4n) is 0.586. The Balaban J connectivity index is 3.51. The molecular weight excluding hydrogens is 172 g/mol. The fraction of sp³-hybridized carbons (Fsp3) is 0.667. The molecule has 0 aliphatic carbocycles. The van der Waals surface area contributed by atoms with E-state index in [1.165, 1.54) is 6.08 Å². The molecule has 0 saturated heterocycles. The minimum Gasteiger partial charge on any atom is -0.462 e. The standard InChI is InChI=1S/C9H16O2S/c1-4-5-8(10)11-7-6-9(2,3)12/h4-5,12H,6-7H2,1-3H3. The van der Waals surface area contributed by atoms with Crippen molar-refractivity contribution in [2.75, 3.05) is 6.61 Å². The van der Waals surface area contributed by atoms with Gasteiger partial charge >= 0.3 is 5.97 Å². The van der Waals surface area contributed by atoms with Crippen molar-refractivity contribution in [1.29, 1.82) is 0 Å². The van der Waals surface area contributed by atoms with Crippen molar-refractivity contribution in [2.45, 2.75) is 31.9 Å². The number of rotatable bonds is 4. The molecule has 0 N–H and O–H groups in total. The number of hydrogen-bond donors (Lipinski definition) is 1. The predicted molar refractivity (Wildman–Crippen MR) is 53.5 cm³/mol. The van der Waals surface area contributed by atoms with Crippen LogP contribution in [0.3, 0.4) is 0 Å². The van der Waals surface area contributed by atoms with E-state index in [0.717, 1.165) is 6.42 Å². The minimum atomic E-state index is -0.282. The van der Waals surface area contributed by atoms with Crippen molar-refractivity contribution in [3.8, 4) is 0 Å². The van der Waals surface area contributed by atoms with Gasteiger partial charge in [-0.1, -0.05) is 19.9 Å². The van der Waals surface area contributed by atoms with E-state index in [-0.39, 0.29) is 10.7 Å². The molecule has 2 nitrogen and oxygen atoms in total. The van der Waals surface area contributed by atoms with Gasteiger partial charge in [0.05, 0.1) is 6.61 Å². The van der Waals surface area contributed by atoms with Crippen LogP contribution < -0.4 is 0 Å². The van der Waals surface area contributed by atoms with E-state index in [9.17, 15) is 4.79 Å². The van der Waals surface area contributed by atoms with Gasteiger partial charge in [-0.25, -0.2) is 4.79 Å². The van der Waals surface area contributed by atoms with Gasteiger partial charge in [0.1, 0.15) is 0 Å². The summed E-state index contributed by atoms with van der Waals surface area (Å²) in [5, 5.41) is 0. The molecule has 0 unspecified atom stereocenters. The molecule has 0 atom stereocenters. The Morgan fingerprint density at radius 3 is 2.58 bits per heavy atom. The van der Waals surface area contributed by atoms with Gasteiger partial charge in [-0.05, 0) is 13.3 Å². The van der Waals surface area contributed by atoms with E-state index in [4.69, 9.17) is 4.74 Å². The van der Waals surface area contributed by atoms with Crippen molar-refractivity contribution in [2.24, 2.45) is 0 Å². The highest BCUT2D eigenvalue weighted by Gasteiger charge is 2.11. The Morgan fingerprint density at radius 2 is 2.17 bits per heavy atom. The molecule has 0 spiro atoms. The number of thiol groups is 1. The van der Waals surface area contributed by atoms with Gasteiger partial charge in [0.15, 0.2) is 0 Å². The lowest BCUT2D eigenvalue weighted by Gasteiger charge is -2.15. The van der Waals surface area contributed by atoms with Gasteiger partial charge in [-0.3, -0.25) is 0 Å². The van der Waals surface area contributed by atoms with Crippen LogP contribution in [-0.4, -0.2) is 17.3 Å². The average Bonchev–Trinajstić information content (AvgIpc) is 1.84. The Morgan fingerprint density at radius 1 is 1.58 bits per heavy atom. The second-order valence-corrected chi connectivity index (χ2v) is 4.44. The number of allylic oxidation sites excluding steroid dienone is 1. The first kappa shape index (κ1) is 11.6. The summed E-state index contributed by atoms with van der Waals surface area (Å²) in [7, 11) is 0. The summed E-state index contributed by atoms with van der Waals surface area (Å²) in [5.41, 5.74) is 0. The predicted octanol–water partition coefficient (Wildman–Crippen LogP) is 2.20. The molecule has 0 bridgehead atoms. The van der Waals surface area contributed by atoms with Gasteiger partial charge < -0.3 is 4.74 Å². The van der Waals surface area contributed by atoms with Crippen molar-refractivity contribution in [1.82, 2.24) is 0 Å². The molecule has 0 aromatic carbocycles. The van der Waals surface area contributed by atoms with Crippen molar-refractivity contribution in [3.05, 3.63) is 12.2 Å². The molecule has 0 radical (unpaired) electrons. The summed E-state index contributed by atoms with van der Waals surface area (Å²) >= 11 is 4.30. The maximum atomic E-state index is 10.8. The van der Waals surface area contributed by atoms with E-state index < -0.39 is 0 Å². The van der Waals surface area contributed by atoms with Crippen molar-refractivity contribution < 1.29 is 9.53 Å². The molecule has 0 aromatic rings. The summed E-state index contributed by atoms with van der Waals surface area (Å²) in [4.78, 5) is 10.8. The Bertz CT molecular complexity index is 168. The lowest BCUT2D eigenvalue weighted by atomic mass is 10.1. The van der Waals surface area contributed by atoms with Crippen LogP contribution in [-0.2, 0) is 9.53 Å². The number of carbonyl (C=O) groups is 1. The maximum Gasteiger partial charge on any atom is 0.330 e. The second kappa shape index (κ2) is 5.25. The van der Waals surface area contributed by atoms with Crippen LogP contribution in [0, 0.1) is 0 Å². The second-order valence-electron chi connectivity index (χ2n) is 3.23. The topological polar surface area (TPSA) is 26.3 Å². The van der Waals surface area contributed by atoms with E-state index >= 15 is 0 Å². The summed E-state index contributed by atoms with van der Waals surface area (Å²) in [5.74, 6) is -0.282. The highest BCUT2D eigenvalue weighted by atomic mass is 32.1. The lowest BCUT2D eigenvalue weighted by Crippen LogP contribution is -2.15. The quantitative estimate of drug-likeness (QED) is 0.416. The Hall–Kier alpha value is -0.440. The summed E-state index contributed by atoms with van der Waals surface area (Å²) in [6, 6.07) is 0. The van der Waals surface area contributed by atoms with Crippen LogP contribution in [0.4, 0.5) is 0 Å². The number of carbonyl (C=O) groups excluding carboxylic acids is 1. The highest BCUT2D eigenvalue weighted by molar-refractivity contribution is 7.81. The van der Waals surface area contributed by atoms with Crippen LogP contribution in [0.15, 0.2) is 12.2 Å². The molecule has 0 saturated carbocycles. The van der Waals surface area contributed by atoms with Gasteiger partial charge in [-0.2, -0.15) is 12.6 Å². The van der Waals surface area contributed by atoms with Gasteiger partial charge in [0.25, 0.3) is 0 Å². The van der Waals surface area contributed by atoms with Crippen molar-refractivity contribution >= 4 is 18.6 Å². The first-order valence-electron chi connectivity index (χ1n) is 3.97. The zero-order valence-corrected chi connectivity index (χ0v) is 8.73. The molecule has 0 aliphatic heterocycles.